The fourth-order valence-corrected chi connectivity index (χ4v) is 3.35. The molecule has 24 heavy (non-hydrogen) atoms. The molecule has 0 radical (unpaired) electrons. The highest BCUT2D eigenvalue weighted by Gasteiger charge is 2.49. The number of carbonyl (C=O) groups is 1. The van der Waals surface area contributed by atoms with Crippen molar-refractivity contribution in [1.82, 2.24) is 0 Å². The van der Waals surface area contributed by atoms with Crippen LogP contribution < -0.4 is 10.1 Å². The van der Waals surface area contributed by atoms with E-state index in [9.17, 15) is 15.0 Å². The van der Waals surface area contributed by atoms with Gasteiger partial charge in [-0.1, -0.05) is 35.3 Å². The maximum absolute atomic E-state index is 12.3. The van der Waals surface area contributed by atoms with Crippen LogP contribution in [0.2, 0.25) is 10.0 Å². The summed E-state index contributed by atoms with van der Waals surface area (Å²) >= 11 is 12.2. The molecule has 0 saturated carbocycles. The summed E-state index contributed by atoms with van der Waals surface area (Å²) in [5.41, 5.74) is -0.951. The Kier molecular flexibility index (Phi) is 4.44. The Morgan fingerprint density at radius 2 is 1.79 bits per heavy atom. The third kappa shape index (κ3) is 2.74. The molecule has 5 nitrogen and oxygen atoms in total. The standard InChI is InChI=1S/C17H15Cl2NO4/c1-24-10-4-2-9(3-5-10)13(21)8-17(23)14-11(18)6-7-12(19)15(14)20-16(17)22/h2-7,13,21,23H,8H2,1H3,(H,20,22)/t13?,17-/m0/s1. The third-order valence-corrected chi connectivity index (χ3v) is 4.75. The number of hydrogen-bond acceptors (Lipinski definition) is 4. The zero-order valence-corrected chi connectivity index (χ0v) is 14.2. The number of halogens is 2. The summed E-state index contributed by atoms with van der Waals surface area (Å²) in [6.07, 6.45) is -1.33. The molecule has 3 rings (SSSR count). The van der Waals surface area contributed by atoms with Gasteiger partial charge in [-0.2, -0.15) is 0 Å². The van der Waals surface area contributed by atoms with Gasteiger partial charge in [0.1, 0.15) is 5.75 Å². The summed E-state index contributed by atoms with van der Waals surface area (Å²) in [6.45, 7) is 0. The highest BCUT2D eigenvalue weighted by molar-refractivity contribution is 6.38. The lowest BCUT2D eigenvalue weighted by Crippen LogP contribution is -2.36. The molecule has 7 heteroatoms. The molecule has 0 aromatic heterocycles. The van der Waals surface area contributed by atoms with Crippen LogP contribution in [-0.2, 0) is 10.4 Å². The van der Waals surface area contributed by atoms with Crippen molar-refractivity contribution in [3.05, 3.63) is 57.6 Å². The fraction of sp³-hybridized carbons (Fsp3) is 0.235. The first-order valence-electron chi connectivity index (χ1n) is 7.21. The van der Waals surface area contributed by atoms with E-state index in [1.165, 1.54) is 12.1 Å². The van der Waals surface area contributed by atoms with Gasteiger partial charge in [-0.25, -0.2) is 0 Å². The smallest absolute Gasteiger partial charge is 0.261 e. The minimum Gasteiger partial charge on any atom is -0.497 e. The van der Waals surface area contributed by atoms with Crippen LogP contribution in [0.15, 0.2) is 36.4 Å². The Morgan fingerprint density at radius 1 is 1.17 bits per heavy atom. The van der Waals surface area contributed by atoms with E-state index in [0.717, 1.165) is 0 Å². The Labute approximate surface area is 148 Å². The molecule has 1 amide bonds. The Bertz CT molecular complexity index is 794. The van der Waals surface area contributed by atoms with Gasteiger partial charge in [0.25, 0.3) is 5.91 Å². The largest absolute Gasteiger partial charge is 0.497 e. The molecule has 0 bridgehead atoms. The van der Waals surface area contributed by atoms with Crippen molar-refractivity contribution in [2.24, 2.45) is 0 Å². The van der Waals surface area contributed by atoms with Crippen molar-refractivity contribution in [3.8, 4) is 5.75 Å². The van der Waals surface area contributed by atoms with Crippen LogP contribution in [0.25, 0.3) is 0 Å². The van der Waals surface area contributed by atoms with Crippen molar-refractivity contribution < 1.29 is 19.7 Å². The number of fused-ring (bicyclic) bond motifs is 1. The van der Waals surface area contributed by atoms with Crippen LogP contribution in [-0.4, -0.2) is 23.2 Å². The molecule has 2 aromatic carbocycles. The molecular formula is C17H15Cl2NO4. The predicted octanol–water partition coefficient (Wildman–Crippen LogP) is 3.27. The maximum Gasteiger partial charge on any atom is 0.261 e. The van der Waals surface area contributed by atoms with Crippen molar-refractivity contribution >= 4 is 34.8 Å². The van der Waals surface area contributed by atoms with Gasteiger partial charge < -0.3 is 20.3 Å². The summed E-state index contributed by atoms with van der Waals surface area (Å²) in [7, 11) is 1.54. The van der Waals surface area contributed by atoms with E-state index in [0.29, 0.717) is 11.3 Å². The molecule has 1 aliphatic rings. The molecule has 126 valence electrons. The van der Waals surface area contributed by atoms with Gasteiger partial charge in [0.2, 0.25) is 0 Å². The lowest BCUT2D eigenvalue weighted by Gasteiger charge is -2.25. The first kappa shape index (κ1) is 17.0. The quantitative estimate of drug-likeness (QED) is 0.774. The number of aliphatic hydroxyl groups is 2. The lowest BCUT2D eigenvalue weighted by atomic mass is 9.87. The number of anilines is 1. The van der Waals surface area contributed by atoms with Gasteiger partial charge in [0.05, 0.1) is 23.9 Å². The molecule has 1 heterocycles. The van der Waals surface area contributed by atoms with E-state index in [-0.39, 0.29) is 27.7 Å². The van der Waals surface area contributed by atoms with Crippen LogP contribution >= 0.6 is 23.2 Å². The molecule has 0 saturated heterocycles. The van der Waals surface area contributed by atoms with E-state index in [2.05, 4.69) is 5.32 Å². The first-order chi connectivity index (χ1) is 11.4. The highest BCUT2D eigenvalue weighted by atomic mass is 35.5. The van der Waals surface area contributed by atoms with Crippen molar-refractivity contribution in [1.29, 1.82) is 0 Å². The second-order valence-corrected chi connectivity index (χ2v) is 6.40. The van der Waals surface area contributed by atoms with E-state index in [1.807, 2.05) is 0 Å². The highest BCUT2D eigenvalue weighted by Crippen LogP contribution is 2.47. The number of rotatable bonds is 4. The summed E-state index contributed by atoms with van der Waals surface area (Å²) in [5, 5.41) is 24.4. The van der Waals surface area contributed by atoms with Crippen LogP contribution in [0.1, 0.15) is 23.7 Å². The number of carbonyl (C=O) groups excluding carboxylic acids is 1. The Balaban J connectivity index is 1.94. The second kappa shape index (κ2) is 6.26. The normalized spacial score (nSPS) is 20.5. The number of hydrogen-bond donors (Lipinski definition) is 3. The number of aliphatic hydroxyl groups excluding tert-OH is 1. The summed E-state index contributed by atoms with van der Waals surface area (Å²) in [5.74, 6) is -0.0245. The van der Waals surface area contributed by atoms with Gasteiger partial charge in [-0.3, -0.25) is 4.79 Å². The van der Waals surface area contributed by atoms with Crippen LogP contribution in [0.3, 0.4) is 0 Å². The monoisotopic (exact) mass is 367 g/mol. The van der Waals surface area contributed by atoms with Crippen LogP contribution in [0.5, 0.6) is 5.75 Å². The summed E-state index contributed by atoms with van der Waals surface area (Å²) < 4.78 is 5.07. The van der Waals surface area contributed by atoms with E-state index >= 15 is 0 Å². The molecule has 1 unspecified atom stereocenters. The molecule has 2 aromatic rings. The lowest BCUT2D eigenvalue weighted by molar-refractivity contribution is -0.137. The van der Waals surface area contributed by atoms with Gasteiger partial charge in [0, 0.05) is 17.0 Å². The molecular weight excluding hydrogens is 353 g/mol. The van der Waals surface area contributed by atoms with E-state index in [4.69, 9.17) is 27.9 Å². The first-order valence-corrected chi connectivity index (χ1v) is 7.96. The predicted molar refractivity (Wildman–Crippen MR) is 91.6 cm³/mol. The topological polar surface area (TPSA) is 78.8 Å². The number of nitrogens with one attached hydrogen (secondary N) is 1. The molecule has 2 atom stereocenters. The number of benzene rings is 2. The number of amides is 1. The minimum absolute atomic E-state index is 0.189. The van der Waals surface area contributed by atoms with Gasteiger partial charge in [-0.05, 0) is 29.8 Å². The van der Waals surface area contributed by atoms with E-state index < -0.39 is 17.6 Å². The van der Waals surface area contributed by atoms with Crippen molar-refractivity contribution in [3.63, 3.8) is 0 Å². The SMILES string of the molecule is COc1ccc(C(O)C[C@@]2(O)C(=O)Nc3c(Cl)ccc(Cl)c32)cc1. The molecule has 1 aliphatic heterocycles. The second-order valence-electron chi connectivity index (χ2n) is 5.59. The molecule has 0 spiro atoms. The zero-order valence-electron chi connectivity index (χ0n) is 12.7. The molecule has 0 fully saturated rings. The average Bonchev–Trinajstić information content (AvgIpc) is 2.83. The van der Waals surface area contributed by atoms with E-state index in [1.54, 1.807) is 31.4 Å². The van der Waals surface area contributed by atoms with Crippen LogP contribution in [0.4, 0.5) is 5.69 Å². The van der Waals surface area contributed by atoms with Gasteiger partial charge in [0.15, 0.2) is 5.60 Å². The van der Waals surface area contributed by atoms with Crippen molar-refractivity contribution in [2.75, 3.05) is 12.4 Å². The van der Waals surface area contributed by atoms with Crippen LogP contribution in [0, 0.1) is 0 Å². The van der Waals surface area contributed by atoms with Gasteiger partial charge >= 0.3 is 0 Å². The average molecular weight is 368 g/mol. The zero-order chi connectivity index (χ0) is 17.5. The number of methoxy groups -OCH3 is 1. The van der Waals surface area contributed by atoms with Crippen molar-refractivity contribution in [2.45, 2.75) is 18.1 Å². The fourth-order valence-electron chi connectivity index (χ4n) is 2.83. The Morgan fingerprint density at radius 3 is 2.42 bits per heavy atom. The van der Waals surface area contributed by atoms with Gasteiger partial charge in [-0.15, -0.1) is 0 Å². The summed E-state index contributed by atoms with van der Waals surface area (Å²) in [6, 6.07) is 9.76. The maximum atomic E-state index is 12.3. The molecule has 0 aliphatic carbocycles. The third-order valence-electron chi connectivity index (χ3n) is 4.12. The minimum atomic E-state index is -1.96. The summed E-state index contributed by atoms with van der Waals surface area (Å²) in [4.78, 5) is 12.3. The molecule has 3 N–H and O–H groups in total. The Hall–Kier alpha value is -1.79. The number of ether oxygens (including phenoxy) is 1.